The molecule has 12 heavy (non-hydrogen) atoms. The Kier molecular flexibility index (Phi) is 1.91. The quantitative estimate of drug-likeness (QED) is 0.540. The third-order valence-corrected chi connectivity index (χ3v) is 3.22. The summed E-state index contributed by atoms with van der Waals surface area (Å²) in [7, 11) is 0. The van der Waals surface area contributed by atoms with Gasteiger partial charge in [-0.15, -0.1) is 0 Å². The van der Waals surface area contributed by atoms with Crippen LogP contribution in [0.15, 0.2) is 12.7 Å². The minimum Gasteiger partial charge on any atom is -0.336 e. The Morgan fingerprint density at radius 1 is 1.42 bits per heavy atom. The van der Waals surface area contributed by atoms with E-state index in [1.807, 2.05) is 4.90 Å². The van der Waals surface area contributed by atoms with Gasteiger partial charge < -0.3 is 4.90 Å². The highest BCUT2D eigenvalue weighted by Gasteiger charge is 2.38. The molecule has 0 aromatic heterocycles. The van der Waals surface area contributed by atoms with Crippen molar-refractivity contribution in [3.8, 4) is 0 Å². The predicted octanol–water partition coefficient (Wildman–Crippen LogP) is 1.57. The molecule has 0 spiro atoms. The van der Waals surface area contributed by atoms with E-state index < -0.39 is 0 Å². The maximum absolute atomic E-state index is 11.4. The molecule has 2 nitrogen and oxygen atoms in total. The third-order valence-electron chi connectivity index (χ3n) is 3.22. The molecule has 2 fully saturated rings. The van der Waals surface area contributed by atoms with Crippen LogP contribution in [0.5, 0.6) is 0 Å². The molecule has 1 heterocycles. The maximum atomic E-state index is 11.4. The number of hydrogen-bond acceptors (Lipinski definition) is 1. The van der Waals surface area contributed by atoms with Gasteiger partial charge in [-0.1, -0.05) is 13.0 Å². The molecule has 0 aromatic carbocycles. The second kappa shape index (κ2) is 2.92. The van der Waals surface area contributed by atoms with E-state index in [1.54, 1.807) is 0 Å². The zero-order valence-electron chi connectivity index (χ0n) is 7.33. The number of amides is 1. The largest absolute Gasteiger partial charge is 0.336 e. The Labute approximate surface area is 73.2 Å². The van der Waals surface area contributed by atoms with Crippen LogP contribution < -0.4 is 0 Å². The highest BCUT2D eigenvalue weighted by molar-refractivity contribution is 5.87. The van der Waals surface area contributed by atoms with Crippen molar-refractivity contribution in [2.24, 2.45) is 5.92 Å². The van der Waals surface area contributed by atoms with Gasteiger partial charge in [0.05, 0.1) is 0 Å². The van der Waals surface area contributed by atoms with Crippen molar-refractivity contribution >= 4 is 5.91 Å². The molecule has 0 N–H and O–H groups in total. The van der Waals surface area contributed by atoms with Crippen LogP contribution in [0.25, 0.3) is 0 Å². The molecule has 0 unspecified atom stereocenters. The number of carbonyl (C=O) groups is 1. The average molecular weight is 165 g/mol. The molecule has 1 aliphatic carbocycles. The van der Waals surface area contributed by atoms with Gasteiger partial charge in [-0.2, -0.15) is 0 Å². The average Bonchev–Trinajstić information content (AvgIpc) is 2.62. The zero-order valence-corrected chi connectivity index (χ0v) is 7.33. The van der Waals surface area contributed by atoms with Gasteiger partial charge in [0.15, 0.2) is 0 Å². The predicted molar refractivity (Wildman–Crippen MR) is 47.7 cm³/mol. The second-order valence-electron chi connectivity index (χ2n) is 3.78. The van der Waals surface area contributed by atoms with Gasteiger partial charge in [0.25, 0.3) is 0 Å². The number of hydrogen-bond donors (Lipinski definition) is 0. The molecule has 2 aliphatic rings. The first-order chi connectivity index (χ1) is 5.83. The van der Waals surface area contributed by atoms with Crippen LogP contribution in [-0.2, 0) is 4.79 Å². The SMILES string of the molecule is C=CC(=O)N1CC[C@H]2CCC[C@H]21. The zero-order chi connectivity index (χ0) is 8.55. The minimum absolute atomic E-state index is 0.129. The summed E-state index contributed by atoms with van der Waals surface area (Å²) < 4.78 is 0. The first-order valence-electron chi connectivity index (χ1n) is 4.76. The van der Waals surface area contributed by atoms with E-state index >= 15 is 0 Å². The summed E-state index contributed by atoms with van der Waals surface area (Å²) in [6, 6.07) is 0.551. The van der Waals surface area contributed by atoms with E-state index in [-0.39, 0.29) is 5.91 Å². The Morgan fingerprint density at radius 3 is 3.00 bits per heavy atom. The number of fused-ring (bicyclic) bond motifs is 1. The van der Waals surface area contributed by atoms with Crippen LogP contribution in [0.4, 0.5) is 0 Å². The molecule has 1 aliphatic heterocycles. The van der Waals surface area contributed by atoms with E-state index in [4.69, 9.17) is 0 Å². The fraction of sp³-hybridized carbons (Fsp3) is 0.700. The fourth-order valence-corrected chi connectivity index (χ4v) is 2.63. The topological polar surface area (TPSA) is 20.3 Å². The van der Waals surface area contributed by atoms with Gasteiger partial charge in [0, 0.05) is 12.6 Å². The first-order valence-corrected chi connectivity index (χ1v) is 4.76. The summed E-state index contributed by atoms with van der Waals surface area (Å²) in [5, 5.41) is 0. The molecule has 2 atom stereocenters. The molecule has 66 valence electrons. The van der Waals surface area contributed by atoms with E-state index in [0.29, 0.717) is 6.04 Å². The highest BCUT2D eigenvalue weighted by Crippen LogP contribution is 2.37. The summed E-state index contributed by atoms with van der Waals surface area (Å²) >= 11 is 0. The molecule has 2 rings (SSSR count). The number of carbonyl (C=O) groups excluding carboxylic acids is 1. The summed E-state index contributed by atoms with van der Waals surface area (Å²) in [6.07, 6.45) is 6.50. The van der Waals surface area contributed by atoms with Gasteiger partial charge in [0.2, 0.25) is 5.91 Å². The van der Waals surface area contributed by atoms with Crippen LogP contribution >= 0.6 is 0 Å². The van der Waals surface area contributed by atoms with Gasteiger partial charge in [-0.3, -0.25) is 4.79 Å². The maximum Gasteiger partial charge on any atom is 0.246 e. The standard InChI is InChI=1S/C10H15NO/c1-2-10(12)11-7-6-8-4-3-5-9(8)11/h2,8-9H,1,3-7H2/t8-,9-/m1/s1. The molecule has 1 amide bonds. The molecular formula is C10H15NO. The summed E-state index contributed by atoms with van der Waals surface area (Å²) in [5.74, 6) is 0.929. The van der Waals surface area contributed by atoms with Gasteiger partial charge in [-0.05, 0) is 31.3 Å². The van der Waals surface area contributed by atoms with Crippen LogP contribution in [0, 0.1) is 5.92 Å². The fourth-order valence-electron chi connectivity index (χ4n) is 2.63. The van der Waals surface area contributed by atoms with Crippen LogP contribution in [0.1, 0.15) is 25.7 Å². The lowest BCUT2D eigenvalue weighted by molar-refractivity contribution is -0.126. The number of nitrogens with zero attached hydrogens (tertiary/aromatic N) is 1. The smallest absolute Gasteiger partial charge is 0.246 e. The number of likely N-dealkylation sites (tertiary alicyclic amines) is 1. The van der Waals surface area contributed by atoms with E-state index in [2.05, 4.69) is 6.58 Å². The lowest BCUT2D eigenvalue weighted by Crippen LogP contribution is -2.34. The molecule has 1 saturated carbocycles. The van der Waals surface area contributed by atoms with Gasteiger partial charge in [-0.25, -0.2) is 0 Å². The van der Waals surface area contributed by atoms with E-state index in [0.717, 1.165) is 12.5 Å². The van der Waals surface area contributed by atoms with Crippen LogP contribution in [0.3, 0.4) is 0 Å². The Bertz CT molecular complexity index is 212. The van der Waals surface area contributed by atoms with Crippen molar-refractivity contribution in [2.75, 3.05) is 6.54 Å². The molecule has 0 aromatic rings. The van der Waals surface area contributed by atoms with Crippen molar-refractivity contribution in [1.29, 1.82) is 0 Å². The van der Waals surface area contributed by atoms with E-state index in [1.165, 1.54) is 31.8 Å². The summed E-state index contributed by atoms with van der Waals surface area (Å²) in [5.41, 5.74) is 0. The minimum atomic E-state index is 0.129. The third kappa shape index (κ3) is 1.06. The molecule has 0 bridgehead atoms. The van der Waals surface area contributed by atoms with Crippen LogP contribution in [-0.4, -0.2) is 23.4 Å². The van der Waals surface area contributed by atoms with Crippen molar-refractivity contribution in [1.82, 2.24) is 4.90 Å². The highest BCUT2D eigenvalue weighted by atomic mass is 16.2. The molecular weight excluding hydrogens is 150 g/mol. The Morgan fingerprint density at radius 2 is 2.25 bits per heavy atom. The van der Waals surface area contributed by atoms with E-state index in [9.17, 15) is 4.79 Å². The summed E-state index contributed by atoms with van der Waals surface area (Å²) in [4.78, 5) is 13.4. The van der Waals surface area contributed by atoms with Crippen molar-refractivity contribution in [2.45, 2.75) is 31.7 Å². The Hall–Kier alpha value is -0.790. The van der Waals surface area contributed by atoms with Crippen molar-refractivity contribution < 1.29 is 4.79 Å². The molecule has 2 heteroatoms. The lowest BCUT2D eigenvalue weighted by atomic mass is 10.0. The summed E-state index contributed by atoms with van der Waals surface area (Å²) in [6.45, 7) is 4.49. The Balaban J connectivity index is 2.08. The number of rotatable bonds is 1. The normalized spacial score (nSPS) is 33.5. The van der Waals surface area contributed by atoms with Crippen molar-refractivity contribution in [3.63, 3.8) is 0 Å². The molecule has 0 radical (unpaired) electrons. The monoisotopic (exact) mass is 165 g/mol. The van der Waals surface area contributed by atoms with Gasteiger partial charge in [0.1, 0.15) is 0 Å². The molecule has 1 saturated heterocycles. The van der Waals surface area contributed by atoms with Crippen molar-refractivity contribution in [3.05, 3.63) is 12.7 Å². The lowest BCUT2D eigenvalue weighted by Gasteiger charge is -2.21. The first kappa shape index (κ1) is 7.84. The van der Waals surface area contributed by atoms with Gasteiger partial charge >= 0.3 is 0 Å². The van der Waals surface area contributed by atoms with Crippen LogP contribution in [0.2, 0.25) is 0 Å². The second-order valence-corrected chi connectivity index (χ2v) is 3.78.